The molecule has 2 aromatic carbocycles. The molecule has 0 spiro atoms. The average molecular weight is 354 g/mol. The van der Waals surface area contributed by atoms with Gasteiger partial charge in [-0.2, -0.15) is 0 Å². The lowest BCUT2D eigenvalue weighted by Crippen LogP contribution is -2.28. The van der Waals surface area contributed by atoms with E-state index in [9.17, 15) is 9.59 Å². The van der Waals surface area contributed by atoms with Crippen LogP contribution < -0.4 is 19.7 Å². The first-order chi connectivity index (χ1) is 12.6. The van der Waals surface area contributed by atoms with Crippen LogP contribution in [0.25, 0.3) is 0 Å². The number of nitrogens with one attached hydrogen (secondary N) is 1. The van der Waals surface area contributed by atoms with E-state index >= 15 is 0 Å². The lowest BCUT2D eigenvalue weighted by Gasteiger charge is -2.17. The van der Waals surface area contributed by atoms with Crippen molar-refractivity contribution in [3.8, 4) is 11.5 Å². The number of carbonyl (C=O) groups is 2. The average Bonchev–Trinajstić information content (AvgIpc) is 3.05. The molecule has 1 aliphatic rings. The number of benzene rings is 2. The first kappa shape index (κ1) is 17.8. The molecule has 0 aromatic heterocycles. The monoisotopic (exact) mass is 354 g/mol. The molecule has 1 aliphatic heterocycles. The highest BCUT2D eigenvalue weighted by atomic mass is 16.5. The van der Waals surface area contributed by atoms with E-state index in [1.807, 2.05) is 31.2 Å². The van der Waals surface area contributed by atoms with Crippen molar-refractivity contribution >= 4 is 23.2 Å². The van der Waals surface area contributed by atoms with Gasteiger partial charge in [-0.15, -0.1) is 0 Å². The number of hydrogen-bond donors (Lipinski definition) is 1. The van der Waals surface area contributed by atoms with Crippen molar-refractivity contribution in [3.63, 3.8) is 0 Å². The fourth-order valence-electron chi connectivity index (χ4n) is 2.94. The molecule has 0 aliphatic carbocycles. The lowest BCUT2D eigenvalue weighted by atomic mass is 10.1. The van der Waals surface area contributed by atoms with Gasteiger partial charge in [0.15, 0.2) is 0 Å². The minimum Gasteiger partial charge on any atom is -0.497 e. The van der Waals surface area contributed by atoms with Gasteiger partial charge in [0.05, 0.1) is 19.6 Å². The summed E-state index contributed by atoms with van der Waals surface area (Å²) < 4.78 is 10.5. The SMILES string of the molecule is CCOc1ccc(NC(=O)[C@@H]2CC(=O)N(c3ccc(OC)cc3)C2)cc1. The number of carbonyl (C=O) groups excluding carboxylic acids is 2. The molecule has 2 aromatic rings. The quantitative estimate of drug-likeness (QED) is 0.866. The fraction of sp³-hybridized carbons (Fsp3) is 0.300. The van der Waals surface area contributed by atoms with Crippen LogP contribution in [-0.2, 0) is 9.59 Å². The standard InChI is InChI=1S/C20H22N2O4/c1-3-26-18-8-4-15(5-9-18)21-20(24)14-12-19(23)22(13-14)16-6-10-17(25-2)11-7-16/h4-11,14H,3,12-13H2,1-2H3,(H,21,24)/t14-/m1/s1. The Kier molecular flexibility index (Phi) is 5.41. The van der Waals surface area contributed by atoms with E-state index < -0.39 is 0 Å². The number of nitrogens with zero attached hydrogens (tertiary/aromatic N) is 1. The second-order valence-corrected chi connectivity index (χ2v) is 6.05. The largest absolute Gasteiger partial charge is 0.497 e. The van der Waals surface area contributed by atoms with E-state index in [1.54, 1.807) is 36.3 Å². The van der Waals surface area contributed by atoms with Crippen LogP contribution in [0.3, 0.4) is 0 Å². The van der Waals surface area contributed by atoms with Crippen molar-refractivity contribution in [2.75, 3.05) is 30.5 Å². The number of amides is 2. The Bertz CT molecular complexity index is 771. The van der Waals surface area contributed by atoms with Gasteiger partial charge in [-0.05, 0) is 55.5 Å². The van der Waals surface area contributed by atoms with Crippen LogP contribution in [-0.4, -0.2) is 32.1 Å². The number of rotatable bonds is 6. The van der Waals surface area contributed by atoms with E-state index in [-0.39, 0.29) is 24.2 Å². The molecule has 1 saturated heterocycles. The Labute approximate surface area is 152 Å². The van der Waals surface area contributed by atoms with E-state index in [1.165, 1.54) is 0 Å². The van der Waals surface area contributed by atoms with Gasteiger partial charge in [0.2, 0.25) is 11.8 Å². The third kappa shape index (κ3) is 3.96. The van der Waals surface area contributed by atoms with Crippen molar-refractivity contribution < 1.29 is 19.1 Å². The highest BCUT2D eigenvalue weighted by Gasteiger charge is 2.35. The highest BCUT2D eigenvalue weighted by Crippen LogP contribution is 2.27. The zero-order chi connectivity index (χ0) is 18.5. The van der Waals surface area contributed by atoms with Crippen LogP contribution in [0.2, 0.25) is 0 Å². The van der Waals surface area contributed by atoms with Crippen LogP contribution in [0.5, 0.6) is 11.5 Å². The number of ether oxygens (including phenoxy) is 2. The molecule has 136 valence electrons. The molecule has 0 bridgehead atoms. The van der Waals surface area contributed by atoms with Crippen molar-refractivity contribution in [2.45, 2.75) is 13.3 Å². The molecule has 1 N–H and O–H groups in total. The molecular formula is C20H22N2O4. The first-order valence-electron chi connectivity index (χ1n) is 8.59. The first-order valence-corrected chi connectivity index (χ1v) is 8.59. The van der Waals surface area contributed by atoms with E-state index in [2.05, 4.69) is 5.32 Å². The molecular weight excluding hydrogens is 332 g/mol. The second kappa shape index (κ2) is 7.91. The van der Waals surface area contributed by atoms with Crippen LogP contribution in [0.1, 0.15) is 13.3 Å². The van der Waals surface area contributed by atoms with E-state index in [0.29, 0.717) is 18.8 Å². The maximum absolute atomic E-state index is 12.5. The summed E-state index contributed by atoms with van der Waals surface area (Å²) in [4.78, 5) is 26.5. The predicted molar refractivity (Wildman–Crippen MR) is 99.7 cm³/mol. The topological polar surface area (TPSA) is 67.9 Å². The Hall–Kier alpha value is -3.02. The minimum atomic E-state index is -0.379. The maximum Gasteiger partial charge on any atom is 0.229 e. The van der Waals surface area contributed by atoms with Crippen LogP contribution in [0.15, 0.2) is 48.5 Å². The van der Waals surface area contributed by atoms with Crippen LogP contribution in [0.4, 0.5) is 11.4 Å². The molecule has 0 radical (unpaired) electrons. The van der Waals surface area contributed by atoms with Gasteiger partial charge in [-0.25, -0.2) is 0 Å². The summed E-state index contributed by atoms with van der Waals surface area (Å²) in [6.45, 7) is 2.88. The maximum atomic E-state index is 12.5. The van der Waals surface area contributed by atoms with Gasteiger partial charge >= 0.3 is 0 Å². The van der Waals surface area contributed by atoms with Gasteiger partial charge in [0.25, 0.3) is 0 Å². The lowest BCUT2D eigenvalue weighted by molar-refractivity contribution is -0.122. The molecule has 2 amide bonds. The molecule has 1 atom stereocenters. The minimum absolute atomic E-state index is 0.0537. The number of methoxy groups -OCH3 is 1. The summed E-state index contributed by atoms with van der Waals surface area (Å²) in [5, 5.41) is 2.87. The zero-order valence-electron chi connectivity index (χ0n) is 14.9. The summed E-state index contributed by atoms with van der Waals surface area (Å²) in [5.74, 6) is 0.897. The molecule has 0 unspecified atom stereocenters. The van der Waals surface area contributed by atoms with Crippen LogP contribution >= 0.6 is 0 Å². The smallest absolute Gasteiger partial charge is 0.229 e. The number of hydrogen-bond acceptors (Lipinski definition) is 4. The van der Waals surface area contributed by atoms with Crippen molar-refractivity contribution in [1.29, 1.82) is 0 Å². The molecule has 1 fully saturated rings. The molecule has 1 heterocycles. The molecule has 3 rings (SSSR count). The third-order valence-electron chi connectivity index (χ3n) is 4.31. The van der Waals surface area contributed by atoms with Crippen molar-refractivity contribution in [1.82, 2.24) is 0 Å². The molecule has 6 nitrogen and oxygen atoms in total. The Morgan fingerprint density at radius 2 is 1.77 bits per heavy atom. The van der Waals surface area contributed by atoms with E-state index in [4.69, 9.17) is 9.47 Å². The van der Waals surface area contributed by atoms with Gasteiger partial charge in [0, 0.05) is 24.3 Å². The second-order valence-electron chi connectivity index (χ2n) is 6.05. The Morgan fingerprint density at radius 3 is 2.38 bits per heavy atom. The van der Waals surface area contributed by atoms with E-state index in [0.717, 1.165) is 17.2 Å². The van der Waals surface area contributed by atoms with Crippen molar-refractivity contribution in [3.05, 3.63) is 48.5 Å². The fourth-order valence-corrected chi connectivity index (χ4v) is 2.94. The summed E-state index contributed by atoms with van der Waals surface area (Å²) in [7, 11) is 1.59. The van der Waals surface area contributed by atoms with Gasteiger partial charge in [-0.3, -0.25) is 9.59 Å². The Morgan fingerprint density at radius 1 is 1.12 bits per heavy atom. The molecule has 26 heavy (non-hydrogen) atoms. The van der Waals surface area contributed by atoms with Crippen LogP contribution in [0, 0.1) is 5.92 Å². The summed E-state index contributed by atoms with van der Waals surface area (Å²) in [6.07, 6.45) is 0.203. The summed E-state index contributed by atoms with van der Waals surface area (Å²) in [5.41, 5.74) is 1.46. The predicted octanol–water partition coefficient (Wildman–Crippen LogP) is 3.09. The number of anilines is 2. The van der Waals surface area contributed by atoms with Gasteiger partial charge in [0.1, 0.15) is 11.5 Å². The third-order valence-corrected chi connectivity index (χ3v) is 4.31. The summed E-state index contributed by atoms with van der Waals surface area (Å²) >= 11 is 0. The normalized spacial score (nSPS) is 16.5. The van der Waals surface area contributed by atoms with Crippen molar-refractivity contribution in [2.24, 2.45) is 5.92 Å². The zero-order valence-corrected chi connectivity index (χ0v) is 14.9. The molecule has 6 heteroatoms. The Balaban J connectivity index is 1.62. The highest BCUT2D eigenvalue weighted by molar-refractivity contribution is 6.03. The van der Waals surface area contributed by atoms with Gasteiger partial charge in [-0.1, -0.05) is 0 Å². The summed E-state index contributed by atoms with van der Waals surface area (Å²) in [6, 6.07) is 14.5. The van der Waals surface area contributed by atoms with Gasteiger partial charge < -0.3 is 19.7 Å². The molecule has 0 saturated carbocycles.